The van der Waals surface area contributed by atoms with E-state index in [0.29, 0.717) is 26.2 Å². The Morgan fingerprint density at radius 3 is 2.71 bits per heavy atom. The number of hydrogen-bond donors (Lipinski definition) is 1. The van der Waals surface area contributed by atoms with Crippen molar-refractivity contribution in [1.82, 2.24) is 8.61 Å². The molecule has 0 aromatic heterocycles. The molecule has 98 valence electrons. The van der Waals surface area contributed by atoms with Crippen LogP contribution in [0, 0.1) is 0 Å². The summed E-state index contributed by atoms with van der Waals surface area (Å²) >= 11 is 0. The van der Waals surface area contributed by atoms with Gasteiger partial charge in [0.2, 0.25) is 0 Å². The highest BCUT2D eigenvalue weighted by atomic mass is 32.2. The minimum absolute atomic E-state index is 0.0142. The van der Waals surface area contributed by atoms with Crippen molar-refractivity contribution in [3.05, 3.63) is 12.2 Å². The van der Waals surface area contributed by atoms with Crippen molar-refractivity contribution in [3.63, 3.8) is 0 Å². The third-order valence-corrected chi connectivity index (χ3v) is 5.55. The van der Waals surface area contributed by atoms with Crippen LogP contribution < -0.4 is 5.73 Å². The molecule has 17 heavy (non-hydrogen) atoms. The summed E-state index contributed by atoms with van der Waals surface area (Å²) in [5.41, 5.74) is 5.68. The molecule has 2 aliphatic heterocycles. The van der Waals surface area contributed by atoms with Crippen LogP contribution in [0.5, 0.6) is 0 Å². The number of nitrogens with zero attached hydrogens (tertiary/aromatic N) is 2. The number of rotatable bonds is 3. The fourth-order valence-corrected chi connectivity index (χ4v) is 4.33. The van der Waals surface area contributed by atoms with E-state index in [4.69, 9.17) is 5.73 Å². The van der Waals surface area contributed by atoms with E-state index in [2.05, 4.69) is 0 Å². The molecule has 1 fully saturated rings. The van der Waals surface area contributed by atoms with E-state index in [1.807, 2.05) is 12.2 Å². The first kappa shape index (κ1) is 13.0. The zero-order chi connectivity index (χ0) is 12.3. The van der Waals surface area contributed by atoms with E-state index >= 15 is 0 Å². The van der Waals surface area contributed by atoms with E-state index in [0.717, 1.165) is 25.7 Å². The molecule has 2 rings (SSSR count). The zero-order valence-electron chi connectivity index (χ0n) is 10.1. The minimum atomic E-state index is -3.31. The maximum atomic E-state index is 12.5. The molecule has 0 amide bonds. The average Bonchev–Trinajstić information content (AvgIpc) is 2.39. The van der Waals surface area contributed by atoms with Crippen LogP contribution in [0.2, 0.25) is 0 Å². The van der Waals surface area contributed by atoms with Gasteiger partial charge in [0.25, 0.3) is 10.2 Å². The van der Waals surface area contributed by atoms with Crippen LogP contribution in [0.25, 0.3) is 0 Å². The van der Waals surface area contributed by atoms with Gasteiger partial charge in [0.1, 0.15) is 0 Å². The standard InChI is InChI=1S/C11H21N3O2S/c12-10-11-6-2-5-9-14(11)17(15,16)13-7-3-1-4-8-13/h1,3,11H,2,4-10,12H2. The van der Waals surface area contributed by atoms with Gasteiger partial charge in [-0.1, -0.05) is 18.6 Å². The van der Waals surface area contributed by atoms with Gasteiger partial charge in [-0.3, -0.25) is 0 Å². The SMILES string of the molecule is NCC1CCCCN1S(=O)(=O)N1CC=CCC1. The molecule has 1 saturated heterocycles. The van der Waals surface area contributed by atoms with Crippen molar-refractivity contribution >= 4 is 10.2 Å². The molecular weight excluding hydrogens is 238 g/mol. The third-order valence-electron chi connectivity index (χ3n) is 3.49. The fourth-order valence-electron chi connectivity index (χ4n) is 2.49. The predicted molar refractivity (Wildman–Crippen MR) is 67.6 cm³/mol. The molecule has 6 heteroatoms. The molecule has 2 heterocycles. The van der Waals surface area contributed by atoms with Crippen LogP contribution in [-0.2, 0) is 10.2 Å². The molecule has 0 aromatic carbocycles. The van der Waals surface area contributed by atoms with Gasteiger partial charge in [-0.15, -0.1) is 0 Å². The monoisotopic (exact) mass is 259 g/mol. The summed E-state index contributed by atoms with van der Waals surface area (Å²) in [4.78, 5) is 0. The second kappa shape index (κ2) is 5.48. The minimum Gasteiger partial charge on any atom is -0.329 e. The molecule has 1 unspecified atom stereocenters. The largest absolute Gasteiger partial charge is 0.329 e. The normalized spacial score (nSPS) is 28.4. The maximum Gasteiger partial charge on any atom is 0.282 e. The maximum absolute atomic E-state index is 12.5. The molecule has 5 nitrogen and oxygen atoms in total. The molecule has 0 aromatic rings. The molecule has 0 aliphatic carbocycles. The van der Waals surface area contributed by atoms with Crippen molar-refractivity contribution < 1.29 is 8.42 Å². The molecule has 0 saturated carbocycles. The van der Waals surface area contributed by atoms with E-state index in [-0.39, 0.29) is 6.04 Å². The summed E-state index contributed by atoms with van der Waals surface area (Å²) in [6, 6.07) is -0.0142. The Hall–Kier alpha value is -0.430. The van der Waals surface area contributed by atoms with E-state index in [9.17, 15) is 8.42 Å². The van der Waals surface area contributed by atoms with Crippen LogP contribution in [0.1, 0.15) is 25.7 Å². The second-order valence-corrected chi connectivity index (χ2v) is 6.50. The summed E-state index contributed by atoms with van der Waals surface area (Å²) in [5, 5.41) is 0. The van der Waals surface area contributed by atoms with Gasteiger partial charge in [0.15, 0.2) is 0 Å². The number of nitrogens with two attached hydrogens (primary N) is 1. The number of hydrogen-bond acceptors (Lipinski definition) is 3. The first-order valence-corrected chi connectivity index (χ1v) is 7.68. The van der Waals surface area contributed by atoms with Gasteiger partial charge in [0, 0.05) is 32.2 Å². The molecule has 1 atom stereocenters. The van der Waals surface area contributed by atoms with Crippen LogP contribution in [-0.4, -0.2) is 49.2 Å². The lowest BCUT2D eigenvalue weighted by molar-refractivity contribution is 0.237. The Balaban J connectivity index is 2.15. The van der Waals surface area contributed by atoms with Gasteiger partial charge in [-0.05, 0) is 19.3 Å². The Morgan fingerprint density at radius 2 is 2.06 bits per heavy atom. The van der Waals surface area contributed by atoms with Crippen molar-refractivity contribution in [3.8, 4) is 0 Å². The van der Waals surface area contributed by atoms with Crippen molar-refractivity contribution in [1.29, 1.82) is 0 Å². The van der Waals surface area contributed by atoms with Crippen LogP contribution in [0.3, 0.4) is 0 Å². The van der Waals surface area contributed by atoms with Crippen molar-refractivity contribution in [2.45, 2.75) is 31.7 Å². The highest BCUT2D eigenvalue weighted by molar-refractivity contribution is 7.86. The molecule has 2 aliphatic rings. The molecular formula is C11H21N3O2S. The first-order chi connectivity index (χ1) is 8.16. The highest BCUT2D eigenvalue weighted by Crippen LogP contribution is 2.23. The Bertz CT molecular complexity index is 380. The quantitative estimate of drug-likeness (QED) is 0.742. The van der Waals surface area contributed by atoms with Crippen LogP contribution in [0.4, 0.5) is 0 Å². The van der Waals surface area contributed by atoms with Crippen molar-refractivity contribution in [2.75, 3.05) is 26.2 Å². The van der Waals surface area contributed by atoms with Gasteiger partial charge in [-0.25, -0.2) is 0 Å². The summed E-state index contributed by atoms with van der Waals surface area (Å²) < 4.78 is 28.1. The summed E-state index contributed by atoms with van der Waals surface area (Å²) in [6.45, 7) is 2.12. The van der Waals surface area contributed by atoms with Crippen molar-refractivity contribution in [2.24, 2.45) is 5.73 Å². The zero-order valence-corrected chi connectivity index (χ0v) is 10.9. The van der Waals surface area contributed by atoms with Crippen LogP contribution in [0.15, 0.2) is 12.2 Å². The van der Waals surface area contributed by atoms with E-state index < -0.39 is 10.2 Å². The van der Waals surface area contributed by atoms with E-state index in [1.54, 1.807) is 8.61 Å². The lowest BCUT2D eigenvalue weighted by Gasteiger charge is -2.37. The summed E-state index contributed by atoms with van der Waals surface area (Å²) in [5.74, 6) is 0. The molecule has 0 bridgehead atoms. The van der Waals surface area contributed by atoms with E-state index in [1.165, 1.54) is 0 Å². The second-order valence-electron chi connectivity index (χ2n) is 4.62. The molecule has 2 N–H and O–H groups in total. The highest BCUT2D eigenvalue weighted by Gasteiger charge is 2.35. The predicted octanol–water partition coefficient (Wildman–Crippen LogP) is 0.306. The topological polar surface area (TPSA) is 66.6 Å². The lowest BCUT2D eigenvalue weighted by Crippen LogP contribution is -2.53. The number of piperidine rings is 1. The Labute approximate surface area is 103 Å². The Morgan fingerprint density at radius 1 is 1.24 bits per heavy atom. The molecule has 0 radical (unpaired) electrons. The third kappa shape index (κ3) is 2.70. The van der Waals surface area contributed by atoms with Gasteiger partial charge in [-0.2, -0.15) is 17.0 Å². The fraction of sp³-hybridized carbons (Fsp3) is 0.818. The average molecular weight is 259 g/mol. The lowest BCUT2D eigenvalue weighted by atomic mass is 10.1. The Kier molecular flexibility index (Phi) is 4.19. The van der Waals surface area contributed by atoms with Gasteiger partial charge >= 0.3 is 0 Å². The molecule has 0 spiro atoms. The van der Waals surface area contributed by atoms with Gasteiger partial charge in [0.05, 0.1) is 0 Å². The van der Waals surface area contributed by atoms with Gasteiger partial charge < -0.3 is 5.73 Å². The summed E-state index contributed by atoms with van der Waals surface area (Å²) in [7, 11) is -3.31. The summed E-state index contributed by atoms with van der Waals surface area (Å²) in [6.07, 6.45) is 7.66. The first-order valence-electron chi connectivity index (χ1n) is 6.28. The van der Waals surface area contributed by atoms with Crippen LogP contribution >= 0.6 is 0 Å². The smallest absolute Gasteiger partial charge is 0.282 e.